The van der Waals surface area contributed by atoms with Crippen molar-refractivity contribution in [2.75, 3.05) is 0 Å². The van der Waals surface area contributed by atoms with Crippen molar-refractivity contribution in [1.82, 2.24) is 15.8 Å². The van der Waals surface area contributed by atoms with Gasteiger partial charge in [0.25, 0.3) is 11.5 Å². The number of pyridine rings is 1. The first-order chi connectivity index (χ1) is 11.9. The monoisotopic (exact) mass is 338 g/mol. The molecule has 0 saturated heterocycles. The van der Waals surface area contributed by atoms with Crippen LogP contribution in [0.15, 0.2) is 35.1 Å². The van der Waals surface area contributed by atoms with Gasteiger partial charge in [-0.25, -0.2) is 0 Å². The zero-order valence-corrected chi connectivity index (χ0v) is 14.0. The van der Waals surface area contributed by atoms with Gasteiger partial charge in [-0.1, -0.05) is 18.2 Å². The summed E-state index contributed by atoms with van der Waals surface area (Å²) in [5.41, 5.74) is 6.72. The van der Waals surface area contributed by atoms with Gasteiger partial charge in [-0.3, -0.25) is 25.2 Å². The topological polar surface area (TPSA) is 115 Å². The highest BCUT2D eigenvalue weighted by Gasteiger charge is 2.13. The number of rotatable bonds is 4. The second-order valence-electron chi connectivity index (χ2n) is 5.54. The Bertz CT molecular complexity index is 895. The fraction of sp³-hybridized carbons (Fsp3) is 0.222. The lowest BCUT2D eigenvalue weighted by atomic mass is 9.99. The summed E-state index contributed by atoms with van der Waals surface area (Å²) in [5, 5.41) is 9.05. The van der Waals surface area contributed by atoms with Gasteiger partial charge in [-0.15, -0.1) is 0 Å². The Morgan fingerprint density at radius 2 is 1.84 bits per heavy atom. The van der Waals surface area contributed by atoms with Crippen LogP contribution >= 0.6 is 0 Å². The average molecular weight is 338 g/mol. The molecule has 7 heteroatoms. The van der Waals surface area contributed by atoms with E-state index in [2.05, 4.69) is 15.8 Å². The van der Waals surface area contributed by atoms with Gasteiger partial charge in [0.05, 0.1) is 0 Å². The summed E-state index contributed by atoms with van der Waals surface area (Å²) in [6.45, 7) is 3.41. The number of carbonyl (C=O) groups is 2. The van der Waals surface area contributed by atoms with Crippen molar-refractivity contribution < 1.29 is 9.59 Å². The summed E-state index contributed by atoms with van der Waals surface area (Å²) in [7, 11) is 0. The van der Waals surface area contributed by atoms with E-state index in [9.17, 15) is 14.4 Å². The van der Waals surface area contributed by atoms with E-state index < -0.39 is 11.5 Å². The van der Waals surface area contributed by atoms with Gasteiger partial charge >= 0.3 is 0 Å². The number of aryl methyl sites for hydroxylation is 1. The molecular weight excluding hydrogens is 320 g/mol. The molecular formula is C18H18N4O3. The molecule has 0 aliphatic carbocycles. The molecule has 0 unspecified atom stereocenters. The molecule has 25 heavy (non-hydrogen) atoms. The fourth-order valence-electron chi connectivity index (χ4n) is 2.51. The predicted molar refractivity (Wildman–Crippen MR) is 91.6 cm³/mol. The molecule has 0 fully saturated rings. The van der Waals surface area contributed by atoms with E-state index in [4.69, 9.17) is 5.26 Å². The van der Waals surface area contributed by atoms with Crippen LogP contribution in [-0.2, 0) is 11.2 Å². The highest BCUT2D eigenvalue weighted by atomic mass is 16.2. The summed E-state index contributed by atoms with van der Waals surface area (Å²) in [6.07, 6.45) is 0.448. The van der Waals surface area contributed by atoms with E-state index >= 15 is 0 Å². The molecule has 0 aliphatic rings. The third kappa shape index (κ3) is 4.32. The molecule has 0 saturated carbocycles. The van der Waals surface area contributed by atoms with Gasteiger partial charge in [0.1, 0.15) is 11.6 Å². The molecule has 0 radical (unpaired) electrons. The Balaban J connectivity index is 1.96. The second kappa shape index (κ2) is 7.93. The van der Waals surface area contributed by atoms with Crippen LogP contribution in [0, 0.1) is 25.2 Å². The number of nitrogens with one attached hydrogen (secondary N) is 3. The average Bonchev–Trinajstić information content (AvgIpc) is 2.60. The van der Waals surface area contributed by atoms with Gasteiger partial charge in [0.2, 0.25) is 5.91 Å². The Morgan fingerprint density at radius 1 is 1.16 bits per heavy atom. The second-order valence-corrected chi connectivity index (χ2v) is 5.54. The maximum Gasteiger partial charge on any atom is 0.269 e. The number of nitrogens with zero attached hydrogens (tertiary/aromatic N) is 1. The Hall–Kier alpha value is -3.40. The van der Waals surface area contributed by atoms with E-state index in [1.54, 1.807) is 44.2 Å². The van der Waals surface area contributed by atoms with Crippen molar-refractivity contribution in [2.45, 2.75) is 26.7 Å². The highest BCUT2D eigenvalue weighted by molar-refractivity contribution is 5.95. The lowest BCUT2D eigenvalue weighted by Crippen LogP contribution is -2.41. The van der Waals surface area contributed by atoms with Gasteiger partial charge in [-0.2, -0.15) is 5.26 Å². The number of hydrogen-bond donors (Lipinski definition) is 3. The Morgan fingerprint density at radius 3 is 2.48 bits per heavy atom. The minimum Gasteiger partial charge on any atom is -0.325 e. The number of nitriles is 1. The van der Waals surface area contributed by atoms with E-state index in [0.29, 0.717) is 23.2 Å². The van der Waals surface area contributed by atoms with Crippen LogP contribution < -0.4 is 16.4 Å². The fourth-order valence-corrected chi connectivity index (χ4v) is 2.51. The van der Waals surface area contributed by atoms with Crippen LogP contribution in [0.25, 0.3) is 0 Å². The number of aromatic amines is 1. The van der Waals surface area contributed by atoms with E-state index in [1.807, 2.05) is 6.07 Å². The summed E-state index contributed by atoms with van der Waals surface area (Å²) in [6, 6.07) is 10.4. The quantitative estimate of drug-likeness (QED) is 0.728. The van der Waals surface area contributed by atoms with Crippen molar-refractivity contribution in [3.05, 3.63) is 68.6 Å². The van der Waals surface area contributed by atoms with Crippen LogP contribution in [0.3, 0.4) is 0 Å². The number of benzene rings is 1. The molecule has 1 heterocycles. The molecule has 2 rings (SSSR count). The minimum absolute atomic E-state index is 0.0541. The third-order valence-electron chi connectivity index (χ3n) is 3.87. The lowest BCUT2D eigenvalue weighted by molar-refractivity contribution is -0.121. The molecule has 2 amide bonds. The maximum atomic E-state index is 11.9. The molecule has 0 atom stereocenters. The first kappa shape index (κ1) is 17.9. The molecule has 1 aromatic heterocycles. The van der Waals surface area contributed by atoms with Crippen molar-refractivity contribution in [2.24, 2.45) is 0 Å². The van der Waals surface area contributed by atoms with Crippen LogP contribution in [0.2, 0.25) is 0 Å². The molecule has 0 aliphatic heterocycles. The molecule has 1 aromatic carbocycles. The largest absolute Gasteiger partial charge is 0.325 e. The van der Waals surface area contributed by atoms with Crippen molar-refractivity contribution in [3.8, 4) is 6.07 Å². The Labute approximate surface area is 144 Å². The molecule has 7 nitrogen and oxygen atoms in total. The van der Waals surface area contributed by atoms with Gasteiger partial charge in [-0.05, 0) is 43.5 Å². The van der Waals surface area contributed by atoms with Crippen molar-refractivity contribution in [3.63, 3.8) is 0 Å². The van der Waals surface area contributed by atoms with Crippen LogP contribution in [-0.4, -0.2) is 16.8 Å². The summed E-state index contributed by atoms with van der Waals surface area (Å²) in [4.78, 5) is 38.1. The van der Waals surface area contributed by atoms with E-state index in [-0.39, 0.29) is 17.9 Å². The summed E-state index contributed by atoms with van der Waals surface area (Å²) < 4.78 is 0. The lowest BCUT2D eigenvalue weighted by Gasteiger charge is -2.11. The number of hydrogen-bond acceptors (Lipinski definition) is 4. The van der Waals surface area contributed by atoms with Gasteiger partial charge < -0.3 is 4.98 Å². The predicted octanol–water partition coefficient (Wildman–Crippen LogP) is 1.26. The zero-order valence-electron chi connectivity index (χ0n) is 14.0. The first-order valence-corrected chi connectivity index (χ1v) is 7.70. The van der Waals surface area contributed by atoms with E-state index in [0.717, 1.165) is 5.56 Å². The standard InChI is InChI=1S/C18H18N4O3/c1-11-14(12(2)20-18(25)15(11)10-19)8-9-16(23)21-22-17(24)13-6-4-3-5-7-13/h3-7H,8-9H2,1-2H3,(H,20,25)(H,21,23)(H,22,24). The van der Waals surface area contributed by atoms with Crippen LogP contribution in [0.1, 0.15) is 39.2 Å². The number of carbonyl (C=O) groups excluding carboxylic acids is 2. The molecule has 2 aromatic rings. The first-order valence-electron chi connectivity index (χ1n) is 7.70. The smallest absolute Gasteiger partial charge is 0.269 e. The molecule has 0 bridgehead atoms. The summed E-state index contributed by atoms with van der Waals surface area (Å²) in [5.74, 6) is -0.773. The maximum absolute atomic E-state index is 11.9. The number of hydrazine groups is 1. The summed E-state index contributed by atoms with van der Waals surface area (Å²) >= 11 is 0. The minimum atomic E-state index is -0.430. The van der Waals surface area contributed by atoms with E-state index in [1.165, 1.54) is 0 Å². The van der Waals surface area contributed by atoms with Crippen molar-refractivity contribution in [1.29, 1.82) is 5.26 Å². The highest BCUT2D eigenvalue weighted by Crippen LogP contribution is 2.14. The number of aromatic nitrogens is 1. The van der Waals surface area contributed by atoms with Gasteiger partial charge in [0.15, 0.2) is 0 Å². The number of amides is 2. The van der Waals surface area contributed by atoms with Crippen LogP contribution in [0.5, 0.6) is 0 Å². The van der Waals surface area contributed by atoms with Gasteiger partial charge in [0, 0.05) is 17.7 Å². The van der Waals surface area contributed by atoms with Crippen molar-refractivity contribution >= 4 is 11.8 Å². The molecule has 128 valence electrons. The normalized spacial score (nSPS) is 9.96. The third-order valence-corrected chi connectivity index (χ3v) is 3.87. The molecule has 3 N–H and O–H groups in total. The Kier molecular flexibility index (Phi) is 5.69. The number of H-pyrrole nitrogens is 1. The zero-order chi connectivity index (χ0) is 18.4. The molecule has 0 spiro atoms. The SMILES string of the molecule is Cc1[nH]c(=O)c(C#N)c(C)c1CCC(=O)NNC(=O)c1ccccc1. The van der Waals surface area contributed by atoms with Crippen LogP contribution in [0.4, 0.5) is 0 Å².